The maximum Gasteiger partial charge on any atom is 0.162 e. The predicted molar refractivity (Wildman–Crippen MR) is 58.1 cm³/mol. The summed E-state index contributed by atoms with van der Waals surface area (Å²) in [6, 6.07) is 5.81. The number of ketones is 1. The molecule has 70 valence electrons. The summed E-state index contributed by atoms with van der Waals surface area (Å²) in [5.74, 6) is 0.198. The molecule has 0 spiro atoms. The van der Waals surface area contributed by atoms with Crippen molar-refractivity contribution in [2.75, 3.05) is 0 Å². The van der Waals surface area contributed by atoms with Crippen LogP contribution in [0.3, 0.4) is 0 Å². The summed E-state index contributed by atoms with van der Waals surface area (Å²) in [6.45, 7) is 3.98. The van der Waals surface area contributed by atoms with Crippen LogP contribution in [-0.4, -0.2) is 5.78 Å². The number of hydrogen-bond acceptors (Lipinski definition) is 1. The van der Waals surface area contributed by atoms with Crippen LogP contribution < -0.4 is 0 Å². The third-order valence-electron chi connectivity index (χ3n) is 2.08. The van der Waals surface area contributed by atoms with Crippen LogP contribution in [0, 0.1) is 0 Å². The molecule has 0 radical (unpaired) electrons. The van der Waals surface area contributed by atoms with Gasteiger partial charge in [0.05, 0.1) is 0 Å². The Bertz CT molecular complexity index is 318. The number of halogens is 1. The Hall–Kier alpha value is -0.630. The van der Waals surface area contributed by atoms with Crippen LogP contribution in [-0.2, 0) is 6.42 Å². The SMILES string of the molecule is CCC(=O)c1ccc(CC)c(Br)c1. The Balaban J connectivity index is 3.02. The average molecular weight is 241 g/mol. The minimum absolute atomic E-state index is 0.198. The lowest BCUT2D eigenvalue weighted by Crippen LogP contribution is -1.97. The second-order valence-electron chi connectivity index (χ2n) is 2.94. The van der Waals surface area contributed by atoms with Gasteiger partial charge in [0, 0.05) is 16.5 Å². The largest absolute Gasteiger partial charge is 0.294 e. The second kappa shape index (κ2) is 4.56. The molecule has 1 aromatic carbocycles. The summed E-state index contributed by atoms with van der Waals surface area (Å²) in [5, 5.41) is 0. The topological polar surface area (TPSA) is 17.1 Å². The van der Waals surface area contributed by atoms with Gasteiger partial charge in [-0.05, 0) is 18.1 Å². The van der Waals surface area contributed by atoms with Crippen LogP contribution in [0.15, 0.2) is 22.7 Å². The van der Waals surface area contributed by atoms with Crippen molar-refractivity contribution in [3.63, 3.8) is 0 Å². The third kappa shape index (κ3) is 2.41. The first-order chi connectivity index (χ1) is 6.19. The molecule has 1 aromatic rings. The molecule has 0 N–H and O–H groups in total. The maximum atomic E-state index is 11.3. The fourth-order valence-electron chi connectivity index (χ4n) is 1.21. The van der Waals surface area contributed by atoms with E-state index in [2.05, 4.69) is 22.9 Å². The van der Waals surface area contributed by atoms with Gasteiger partial charge in [-0.2, -0.15) is 0 Å². The van der Waals surface area contributed by atoms with Crippen molar-refractivity contribution in [1.82, 2.24) is 0 Å². The average Bonchev–Trinajstić information content (AvgIpc) is 2.16. The fraction of sp³-hybridized carbons (Fsp3) is 0.364. The number of hydrogen-bond donors (Lipinski definition) is 0. The van der Waals surface area contributed by atoms with E-state index in [1.54, 1.807) is 0 Å². The quantitative estimate of drug-likeness (QED) is 0.739. The standard InChI is InChI=1S/C11H13BrO/c1-3-8-5-6-9(7-10(8)12)11(13)4-2/h5-7H,3-4H2,1-2H3. The zero-order chi connectivity index (χ0) is 9.84. The fourth-order valence-corrected chi connectivity index (χ4v) is 1.87. The molecular weight excluding hydrogens is 228 g/mol. The predicted octanol–water partition coefficient (Wildman–Crippen LogP) is 3.60. The van der Waals surface area contributed by atoms with Crippen LogP contribution in [0.5, 0.6) is 0 Å². The van der Waals surface area contributed by atoms with E-state index in [-0.39, 0.29) is 5.78 Å². The van der Waals surface area contributed by atoms with Gasteiger partial charge >= 0.3 is 0 Å². The van der Waals surface area contributed by atoms with Gasteiger partial charge in [-0.25, -0.2) is 0 Å². The molecule has 2 heteroatoms. The number of rotatable bonds is 3. The number of carbonyl (C=O) groups excluding carboxylic acids is 1. The number of aryl methyl sites for hydroxylation is 1. The Morgan fingerprint density at radius 3 is 2.54 bits per heavy atom. The second-order valence-corrected chi connectivity index (χ2v) is 3.79. The highest BCUT2D eigenvalue weighted by Gasteiger charge is 2.05. The van der Waals surface area contributed by atoms with Crippen molar-refractivity contribution in [2.24, 2.45) is 0 Å². The molecule has 1 nitrogen and oxygen atoms in total. The molecule has 0 aliphatic rings. The molecular formula is C11H13BrO. The van der Waals surface area contributed by atoms with E-state index in [9.17, 15) is 4.79 Å². The smallest absolute Gasteiger partial charge is 0.162 e. The van der Waals surface area contributed by atoms with Gasteiger partial charge in [0.1, 0.15) is 0 Å². The normalized spacial score (nSPS) is 10.1. The van der Waals surface area contributed by atoms with Crippen molar-refractivity contribution < 1.29 is 4.79 Å². The lowest BCUT2D eigenvalue weighted by Gasteiger charge is -2.03. The summed E-state index contributed by atoms with van der Waals surface area (Å²) in [4.78, 5) is 11.3. The molecule has 0 heterocycles. The molecule has 0 saturated heterocycles. The summed E-state index contributed by atoms with van der Waals surface area (Å²) >= 11 is 3.45. The van der Waals surface area contributed by atoms with E-state index >= 15 is 0 Å². The number of Topliss-reactive ketones (excluding diaryl/α,β-unsaturated/α-hetero) is 1. The van der Waals surface area contributed by atoms with Crippen molar-refractivity contribution in [2.45, 2.75) is 26.7 Å². The lowest BCUT2D eigenvalue weighted by atomic mass is 10.1. The highest BCUT2D eigenvalue weighted by atomic mass is 79.9. The summed E-state index contributed by atoms with van der Waals surface area (Å²) in [7, 11) is 0. The molecule has 13 heavy (non-hydrogen) atoms. The van der Waals surface area contributed by atoms with Crippen LogP contribution in [0.1, 0.15) is 36.2 Å². The molecule has 0 aromatic heterocycles. The Labute approximate surface area is 87.3 Å². The summed E-state index contributed by atoms with van der Waals surface area (Å²) < 4.78 is 1.04. The van der Waals surface area contributed by atoms with Crippen molar-refractivity contribution in [3.8, 4) is 0 Å². The highest BCUT2D eigenvalue weighted by Crippen LogP contribution is 2.19. The van der Waals surface area contributed by atoms with Gasteiger partial charge in [0.2, 0.25) is 0 Å². The van der Waals surface area contributed by atoms with Crippen LogP contribution in [0.4, 0.5) is 0 Å². The van der Waals surface area contributed by atoms with Crippen molar-refractivity contribution in [1.29, 1.82) is 0 Å². The molecule has 0 aliphatic carbocycles. The molecule has 0 fully saturated rings. The van der Waals surface area contributed by atoms with Gasteiger partial charge in [-0.3, -0.25) is 4.79 Å². The molecule has 0 bridgehead atoms. The van der Waals surface area contributed by atoms with E-state index in [0.717, 1.165) is 16.5 Å². The zero-order valence-electron chi connectivity index (χ0n) is 7.93. The first kappa shape index (κ1) is 10.5. The van der Waals surface area contributed by atoms with E-state index in [1.807, 2.05) is 25.1 Å². The third-order valence-corrected chi connectivity index (χ3v) is 2.82. The molecule has 0 amide bonds. The Morgan fingerprint density at radius 2 is 2.08 bits per heavy atom. The van der Waals surface area contributed by atoms with Crippen LogP contribution >= 0.6 is 15.9 Å². The van der Waals surface area contributed by atoms with Gasteiger partial charge in [0.25, 0.3) is 0 Å². The maximum absolute atomic E-state index is 11.3. The first-order valence-electron chi connectivity index (χ1n) is 4.50. The highest BCUT2D eigenvalue weighted by molar-refractivity contribution is 9.10. The monoisotopic (exact) mass is 240 g/mol. The Morgan fingerprint density at radius 1 is 1.38 bits per heavy atom. The molecule has 0 unspecified atom stereocenters. The Kier molecular flexibility index (Phi) is 3.67. The molecule has 0 atom stereocenters. The van der Waals surface area contributed by atoms with E-state index in [1.165, 1.54) is 5.56 Å². The van der Waals surface area contributed by atoms with E-state index in [0.29, 0.717) is 6.42 Å². The van der Waals surface area contributed by atoms with Crippen LogP contribution in [0.2, 0.25) is 0 Å². The van der Waals surface area contributed by atoms with Crippen molar-refractivity contribution in [3.05, 3.63) is 33.8 Å². The van der Waals surface area contributed by atoms with Gasteiger partial charge in [-0.15, -0.1) is 0 Å². The van der Waals surface area contributed by atoms with E-state index in [4.69, 9.17) is 0 Å². The zero-order valence-corrected chi connectivity index (χ0v) is 9.52. The number of carbonyl (C=O) groups is 1. The summed E-state index contributed by atoms with van der Waals surface area (Å²) in [5.41, 5.74) is 2.04. The lowest BCUT2D eigenvalue weighted by molar-refractivity contribution is 0.0988. The minimum Gasteiger partial charge on any atom is -0.294 e. The summed E-state index contributed by atoms with van der Waals surface area (Å²) in [6.07, 6.45) is 1.55. The minimum atomic E-state index is 0.198. The van der Waals surface area contributed by atoms with Gasteiger partial charge in [0.15, 0.2) is 5.78 Å². The molecule has 0 aliphatic heterocycles. The van der Waals surface area contributed by atoms with Crippen LogP contribution in [0.25, 0.3) is 0 Å². The van der Waals surface area contributed by atoms with Gasteiger partial charge < -0.3 is 0 Å². The number of benzene rings is 1. The molecule has 1 rings (SSSR count). The van der Waals surface area contributed by atoms with Crippen molar-refractivity contribution >= 4 is 21.7 Å². The van der Waals surface area contributed by atoms with E-state index < -0.39 is 0 Å². The van der Waals surface area contributed by atoms with Gasteiger partial charge in [-0.1, -0.05) is 41.9 Å². The molecule has 0 saturated carbocycles. The first-order valence-corrected chi connectivity index (χ1v) is 5.30.